The molecule has 0 aliphatic rings. The zero-order chi connectivity index (χ0) is 10.4. The fraction of sp³-hybridized carbons (Fsp3) is 0.556. The van der Waals surface area contributed by atoms with Gasteiger partial charge in [-0.1, -0.05) is 0 Å². The van der Waals surface area contributed by atoms with E-state index >= 15 is 0 Å². The summed E-state index contributed by atoms with van der Waals surface area (Å²) in [6, 6.07) is -0.187. The Morgan fingerprint density at radius 2 is 2.50 bits per heavy atom. The number of rotatable bonds is 4. The minimum absolute atomic E-state index is 0.187. The number of imidazole rings is 1. The summed E-state index contributed by atoms with van der Waals surface area (Å²) in [6.07, 6.45) is 5.76. The summed E-state index contributed by atoms with van der Waals surface area (Å²) >= 11 is 0. The highest BCUT2D eigenvalue weighted by molar-refractivity contribution is 5.76. The molecule has 1 unspecified atom stereocenters. The molecule has 0 saturated carbocycles. The summed E-state index contributed by atoms with van der Waals surface area (Å²) in [5.74, 6) is 0. The maximum atomic E-state index is 11.3. The first-order valence-electron chi connectivity index (χ1n) is 4.64. The van der Waals surface area contributed by atoms with Gasteiger partial charge >= 0.3 is 6.03 Å². The van der Waals surface area contributed by atoms with Gasteiger partial charge in [-0.2, -0.15) is 0 Å². The number of aliphatic hydroxyl groups excluding tert-OH is 1. The predicted molar refractivity (Wildman–Crippen MR) is 51.9 cm³/mol. The van der Waals surface area contributed by atoms with Crippen LogP contribution < -0.4 is 5.32 Å². The predicted octanol–water partition coefficient (Wildman–Crippen LogP) is 0.602. The summed E-state index contributed by atoms with van der Waals surface area (Å²) in [5.41, 5.74) is 0. The summed E-state index contributed by atoms with van der Waals surface area (Å²) in [5, 5.41) is 11.7. The van der Waals surface area contributed by atoms with Crippen LogP contribution in [0.25, 0.3) is 0 Å². The largest absolute Gasteiger partial charge is 0.393 e. The number of carbonyl (C=O) groups excluding carboxylic acids is 1. The zero-order valence-corrected chi connectivity index (χ0v) is 8.18. The maximum Gasteiger partial charge on any atom is 0.326 e. The highest BCUT2D eigenvalue weighted by Crippen LogP contribution is 1.93. The molecule has 5 heteroatoms. The van der Waals surface area contributed by atoms with Gasteiger partial charge in [0.25, 0.3) is 0 Å². The minimum atomic E-state index is -0.305. The Morgan fingerprint density at radius 1 is 1.71 bits per heavy atom. The Bertz CT molecular complexity index is 270. The Morgan fingerprint density at radius 3 is 3.07 bits per heavy atom. The lowest BCUT2D eigenvalue weighted by atomic mass is 10.2. The van der Waals surface area contributed by atoms with Gasteiger partial charge in [0.05, 0.1) is 6.10 Å². The van der Waals surface area contributed by atoms with Crippen molar-refractivity contribution in [2.24, 2.45) is 0 Å². The number of nitrogens with zero attached hydrogens (tertiary/aromatic N) is 2. The van der Waals surface area contributed by atoms with Gasteiger partial charge in [-0.15, -0.1) is 0 Å². The molecule has 0 bridgehead atoms. The molecule has 0 aliphatic carbocycles. The van der Waals surface area contributed by atoms with Gasteiger partial charge in [-0.3, -0.25) is 4.57 Å². The van der Waals surface area contributed by atoms with Crippen molar-refractivity contribution in [1.82, 2.24) is 14.9 Å². The van der Waals surface area contributed by atoms with Crippen LogP contribution in [0.2, 0.25) is 0 Å². The highest BCUT2D eigenvalue weighted by atomic mass is 16.3. The van der Waals surface area contributed by atoms with E-state index in [1.165, 1.54) is 10.9 Å². The number of carbonyl (C=O) groups is 1. The molecule has 0 radical (unpaired) electrons. The molecule has 5 nitrogen and oxygen atoms in total. The molecule has 0 aliphatic heterocycles. The Balaban J connectivity index is 2.16. The van der Waals surface area contributed by atoms with Crippen molar-refractivity contribution in [3.8, 4) is 0 Å². The van der Waals surface area contributed by atoms with Crippen LogP contribution >= 0.6 is 0 Å². The summed E-state index contributed by atoms with van der Waals surface area (Å²) in [4.78, 5) is 15.1. The van der Waals surface area contributed by atoms with Crippen molar-refractivity contribution >= 4 is 6.03 Å². The van der Waals surface area contributed by atoms with Crippen LogP contribution in [0.5, 0.6) is 0 Å². The monoisotopic (exact) mass is 197 g/mol. The second-order valence-electron chi connectivity index (χ2n) is 3.19. The molecule has 0 fully saturated rings. The molecule has 1 heterocycles. The van der Waals surface area contributed by atoms with E-state index in [1.807, 2.05) is 0 Å². The van der Waals surface area contributed by atoms with E-state index < -0.39 is 0 Å². The van der Waals surface area contributed by atoms with Crippen LogP contribution in [0, 0.1) is 0 Å². The molecule has 2 N–H and O–H groups in total. The molecule has 1 aromatic rings. The van der Waals surface area contributed by atoms with E-state index in [1.54, 1.807) is 19.3 Å². The lowest BCUT2D eigenvalue weighted by molar-refractivity contribution is 0.181. The summed E-state index contributed by atoms with van der Waals surface area (Å²) in [7, 11) is 0. The minimum Gasteiger partial charge on any atom is -0.393 e. The maximum absolute atomic E-state index is 11.3. The molecular formula is C9H15N3O2. The molecular weight excluding hydrogens is 182 g/mol. The molecule has 0 spiro atoms. The van der Waals surface area contributed by atoms with Crippen LogP contribution in [0.1, 0.15) is 19.8 Å². The SMILES string of the molecule is CC(O)CCCNC(=O)n1ccnc1. The van der Waals surface area contributed by atoms with E-state index in [0.717, 1.165) is 6.42 Å². The average Bonchev–Trinajstić information content (AvgIpc) is 2.64. The third kappa shape index (κ3) is 3.57. The van der Waals surface area contributed by atoms with E-state index in [0.29, 0.717) is 13.0 Å². The smallest absolute Gasteiger partial charge is 0.326 e. The lowest BCUT2D eigenvalue weighted by Crippen LogP contribution is -2.28. The van der Waals surface area contributed by atoms with Gasteiger partial charge in [-0.25, -0.2) is 9.78 Å². The van der Waals surface area contributed by atoms with Crippen LogP contribution in [0.3, 0.4) is 0 Å². The van der Waals surface area contributed by atoms with Crippen molar-refractivity contribution in [2.75, 3.05) is 6.54 Å². The third-order valence-corrected chi connectivity index (χ3v) is 1.81. The fourth-order valence-corrected chi connectivity index (χ4v) is 1.06. The lowest BCUT2D eigenvalue weighted by Gasteiger charge is -2.06. The number of hydrogen-bond donors (Lipinski definition) is 2. The van der Waals surface area contributed by atoms with Gasteiger partial charge in [-0.05, 0) is 19.8 Å². The number of amides is 1. The Hall–Kier alpha value is -1.36. The Kier molecular flexibility index (Phi) is 4.12. The van der Waals surface area contributed by atoms with Gasteiger partial charge < -0.3 is 10.4 Å². The van der Waals surface area contributed by atoms with Gasteiger partial charge in [0.1, 0.15) is 6.33 Å². The van der Waals surface area contributed by atoms with Gasteiger partial charge in [0.2, 0.25) is 0 Å². The van der Waals surface area contributed by atoms with E-state index in [9.17, 15) is 4.79 Å². The van der Waals surface area contributed by atoms with E-state index in [2.05, 4.69) is 10.3 Å². The standard InChI is InChI=1S/C9H15N3O2/c1-8(13)3-2-4-11-9(14)12-6-5-10-7-12/h5-8,13H,2-4H2,1H3,(H,11,14). The van der Waals surface area contributed by atoms with Crippen molar-refractivity contribution < 1.29 is 9.90 Å². The zero-order valence-electron chi connectivity index (χ0n) is 8.18. The van der Waals surface area contributed by atoms with Crippen molar-refractivity contribution in [3.05, 3.63) is 18.7 Å². The molecule has 78 valence electrons. The molecule has 1 aromatic heterocycles. The third-order valence-electron chi connectivity index (χ3n) is 1.81. The van der Waals surface area contributed by atoms with Gasteiger partial charge in [0.15, 0.2) is 0 Å². The molecule has 1 amide bonds. The van der Waals surface area contributed by atoms with Crippen molar-refractivity contribution in [3.63, 3.8) is 0 Å². The highest BCUT2D eigenvalue weighted by Gasteiger charge is 2.01. The van der Waals surface area contributed by atoms with Crippen molar-refractivity contribution in [2.45, 2.75) is 25.9 Å². The van der Waals surface area contributed by atoms with Gasteiger partial charge in [0, 0.05) is 18.9 Å². The number of aromatic nitrogens is 2. The van der Waals surface area contributed by atoms with E-state index in [4.69, 9.17) is 5.11 Å². The quantitative estimate of drug-likeness (QED) is 0.695. The second kappa shape index (κ2) is 5.39. The first-order chi connectivity index (χ1) is 6.70. The molecule has 1 atom stereocenters. The summed E-state index contributed by atoms with van der Waals surface area (Å²) in [6.45, 7) is 2.31. The molecule has 0 saturated heterocycles. The van der Waals surface area contributed by atoms with Crippen LogP contribution in [-0.4, -0.2) is 33.3 Å². The molecule has 14 heavy (non-hydrogen) atoms. The van der Waals surface area contributed by atoms with Crippen molar-refractivity contribution in [1.29, 1.82) is 0 Å². The number of hydrogen-bond acceptors (Lipinski definition) is 3. The first kappa shape index (κ1) is 10.7. The Labute approximate surface area is 82.8 Å². The number of nitrogens with one attached hydrogen (secondary N) is 1. The van der Waals surface area contributed by atoms with E-state index in [-0.39, 0.29) is 12.1 Å². The molecule has 1 rings (SSSR count). The average molecular weight is 197 g/mol. The van der Waals surface area contributed by atoms with Crippen LogP contribution in [-0.2, 0) is 0 Å². The summed E-state index contributed by atoms with van der Waals surface area (Å²) < 4.78 is 1.38. The first-order valence-corrected chi connectivity index (χ1v) is 4.64. The molecule has 0 aromatic carbocycles. The normalized spacial score (nSPS) is 12.4. The van der Waals surface area contributed by atoms with Crippen LogP contribution in [0.4, 0.5) is 4.79 Å². The van der Waals surface area contributed by atoms with Crippen LogP contribution in [0.15, 0.2) is 18.7 Å². The second-order valence-corrected chi connectivity index (χ2v) is 3.19. The fourth-order valence-electron chi connectivity index (χ4n) is 1.06. The topological polar surface area (TPSA) is 67.2 Å². The number of aliphatic hydroxyl groups is 1.